The van der Waals surface area contributed by atoms with Crippen LogP contribution in [0.15, 0.2) is 42.5 Å². The first kappa shape index (κ1) is 20.5. The summed E-state index contributed by atoms with van der Waals surface area (Å²) < 4.78 is 13.1. The summed E-state index contributed by atoms with van der Waals surface area (Å²) >= 11 is 0. The fourth-order valence-electron chi connectivity index (χ4n) is 3.39. The molecule has 7 heteroatoms. The molecular weight excluding hydrogens is 373 g/mol. The summed E-state index contributed by atoms with van der Waals surface area (Å²) in [6, 6.07) is 9.83. The molecule has 1 atom stereocenters. The van der Waals surface area contributed by atoms with Crippen LogP contribution in [-0.2, 0) is 16.0 Å². The average Bonchev–Trinajstić information content (AvgIpc) is 3.09. The molecule has 3 amide bonds. The Bertz CT molecular complexity index is 941. The molecule has 1 aliphatic heterocycles. The van der Waals surface area contributed by atoms with Crippen molar-refractivity contribution in [3.8, 4) is 0 Å². The summed E-state index contributed by atoms with van der Waals surface area (Å²) in [6.45, 7) is 5.83. The van der Waals surface area contributed by atoms with E-state index in [-0.39, 0.29) is 23.3 Å². The SMILES string of the molecule is CC(=O)N1CCc2cc(NC(=O)[C@H](NC(=O)c3ccc(F)cc3)C(C)C)ccc21. The molecule has 152 valence electrons. The molecule has 0 fully saturated rings. The summed E-state index contributed by atoms with van der Waals surface area (Å²) in [7, 11) is 0. The van der Waals surface area contributed by atoms with Crippen LogP contribution in [0.3, 0.4) is 0 Å². The van der Waals surface area contributed by atoms with E-state index in [9.17, 15) is 18.8 Å². The van der Waals surface area contributed by atoms with E-state index in [1.807, 2.05) is 26.0 Å². The number of fused-ring (bicyclic) bond motifs is 1. The Labute approximate surface area is 169 Å². The lowest BCUT2D eigenvalue weighted by Crippen LogP contribution is -2.47. The largest absolute Gasteiger partial charge is 0.340 e. The normalized spacial score (nSPS) is 13.8. The number of hydrogen-bond donors (Lipinski definition) is 2. The van der Waals surface area contributed by atoms with Gasteiger partial charge < -0.3 is 15.5 Å². The fraction of sp³-hybridized carbons (Fsp3) is 0.318. The van der Waals surface area contributed by atoms with Crippen LogP contribution in [0.25, 0.3) is 0 Å². The van der Waals surface area contributed by atoms with Gasteiger partial charge in [0.15, 0.2) is 0 Å². The second-order valence-corrected chi connectivity index (χ2v) is 7.46. The Hall–Kier alpha value is -3.22. The summed E-state index contributed by atoms with van der Waals surface area (Å²) in [5, 5.41) is 5.57. The zero-order valence-corrected chi connectivity index (χ0v) is 16.7. The van der Waals surface area contributed by atoms with Gasteiger partial charge in [0.2, 0.25) is 11.8 Å². The van der Waals surface area contributed by atoms with Crippen molar-refractivity contribution in [1.29, 1.82) is 0 Å². The van der Waals surface area contributed by atoms with Crippen molar-refractivity contribution in [1.82, 2.24) is 5.32 Å². The van der Waals surface area contributed by atoms with Crippen LogP contribution in [-0.4, -0.2) is 30.3 Å². The van der Waals surface area contributed by atoms with Crippen molar-refractivity contribution in [2.75, 3.05) is 16.8 Å². The van der Waals surface area contributed by atoms with Crippen molar-refractivity contribution >= 4 is 29.1 Å². The van der Waals surface area contributed by atoms with Crippen LogP contribution in [0.1, 0.15) is 36.7 Å². The molecule has 0 radical (unpaired) electrons. The van der Waals surface area contributed by atoms with Crippen LogP contribution < -0.4 is 15.5 Å². The van der Waals surface area contributed by atoms with Crippen LogP contribution in [0.4, 0.5) is 15.8 Å². The number of rotatable bonds is 5. The molecule has 2 N–H and O–H groups in total. The molecule has 2 aromatic rings. The second kappa shape index (κ2) is 8.43. The summed E-state index contributed by atoms with van der Waals surface area (Å²) in [6.07, 6.45) is 0.730. The van der Waals surface area contributed by atoms with Crippen LogP contribution in [0.2, 0.25) is 0 Å². The molecule has 0 unspecified atom stereocenters. The maximum atomic E-state index is 13.1. The number of carbonyl (C=O) groups excluding carboxylic acids is 3. The average molecular weight is 397 g/mol. The topological polar surface area (TPSA) is 78.5 Å². The quantitative estimate of drug-likeness (QED) is 0.814. The maximum absolute atomic E-state index is 13.1. The summed E-state index contributed by atoms with van der Waals surface area (Å²) in [5.74, 6) is -1.37. The molecule has 0 bridgehead atoms. The number of benzene rings is 2. The lowest BCUT2D eigenvalue weighted by Gasteiger charge is -2.22. The Morgan fingerprint density at radius 3 is 2.38 bits per heavy atom. The molecule has 29 heavy (non-hydrogen) atoms. The Morgan fingerprint density at radius 1 is 1.07 bits per heavy atom. The van der Waals surface area contributed by atoms with Crippen molar-refractivity contribution in [2.24, 2.45) is 5.92 Å². The number of amides is 3. The van der Waals surface area contributed by atoms with E-state index in [4.69, 9.17) is 0 Å². The van der Waals surface area contributed by atoms with E-state index in [1.165, 1.54) is 31.2 Å². The number of carbonyl (C=O) groups is 3. The Kier molecular flexibility index (Phi) is 5.96. The zero-order chi connectivity index (χ0) is 21.1. The van der Waals surface area contributed by atoms with Crippen molar-refractivity contribution in [3.63, 3.8) is 0 Å². The fourth-order valence-corrected chi connectivity index (χ4v) is 3.39. The van der Waals surface area contributed by atoms with E-state index in [0.29, 0.717) is 12.2 Å². The molecule has 0 saturated heterocycles. The van der Waals surface area contributed by atoms with Crippen LogP contribution in [0.5, 0.6) is 0 Å². The number of anilines is 2. The van der Waals surface area contributed by atoms with Gasteiger partial charge in [0.1, 0.15) is 11.9 Å². The Morgan fingerprint density at radius 2 is 1.76 bits per heavy atom. The standard InChI is InChI=1S/C22H24FN3O3/c1-13(2)20(25-21(28)15-4-6-17(23)7-5-15)22(29)24-18-8-9-19-16(12-18)10-11-26(19)14(3)27/h4-9,12-13,20H,10-11H2,1-3H3,(H,24,29)(H,25,28)/t20-/m1/s1. The monoisotopic (exact) mass is 397 g/mol. The van der Waals surface area contributed by atoms with Gasteiger partial charge in [0.25, 0.3) is 5.91 Å². The van der Waals surface area contributed by atoms with Gasteiger partial charge >= 0.3 is 0 Å². The van der Waals surface area contributed by atoms with E-state index in [1.54, 1.807) is 11.0 Å². The van der Waals surface area contributed by atoms with Gasteiger partial charge in [-0.1, -0.05) is 13.8 Å². The van der Waals surface area contributed by atoms with Gasteiger partial charge in [-0.15, -0.1) is 0 Å². The first-order valence-electron chi connectivity index (χ1n) is 9.54. The molecule has 1 aliphatic rings. The number of halogens is 1. The van der Waals surface area contributed by atoms with E-state index >= 15 is 0 Å². The minimum atomic E-state index is -0.755. The van der Waals surface area contributed by atoms with E-state index < -0.39 is 17.8 Å². The summed E-state index contributed by atoms with van der Waals surface area (Å²) in [4.78, 5) is 38.6. The van der Waals surface area contributed by atoms with Gasteiger partial charge in [0, 0.05) is 30.4 Å². The van der Waals surface area contributed by atoms with Gasteiger partial charge in [0.05, 0.1) is 0 Å². The predicted octanol–water partition coefficient (Wildman–Crippen LogP) is 3.13. The Balaban J connectivity index is 1.71. The second-order valence-electron chi connectivity index (χ2n) is 7.46. The predicted molar refractivity (Wildman–Crippen MR) is 109 cm³/mol. The highest BCUT2D eigenvalue weighted by Gasteiger charge is 2.26. The van der Waals surface area contributed by atoms with Gasteiger partial charge in [-0.3, -0.25) is 14.4 Å². The number of hydrogen-bond acceptors (Lipinski definition) is 3. The first-order valence-corrected chi connectivity index (χ1v) is 9.54. The third-order valence-corrected chi connectivity index (χ3v) is 4.96. The van der Waals surface area contributed by atoms with Gasteiger partial charge in [-0.05, 0) is 60.4 Å². The highest BCUT2D eigenvalue weighted by atomic mass is 19.1. The lowest BCUT2D eigenvalue weighted by atomic mass is 10.0. The van der Waals surface area contributed by atoms with Crippen LogP contribution in [0, 0.1) is 11.7 Å². The van der Waals surface area contributed by atoms with Crippen molar-refractivity contribution < 1.29 is 18.8 Å². The minimum absolute atomic E-state index is 0.0103. The lowest BCUT2D eigenvalue weighted by molar-refractivity contribution is -0.119. The molecule has 0 saturated carbocycles. The molecular formula is C22H24FN3O3. The minimum Gasteiger partial charge on any atom is -0.340 e. The van der Waals surface area contributed by atoms with E-state index in [2.05, 4.69) is 10.6 Å². The smallest absolute Gasteiger partial charge is 0.251 e. The molecule has 0 aromatic heterocycles. The molecule has 6 nitrogen and oxygen atoms in total. The molecule has 3 rings (SSSR count). The van der Waals surface area contributed by atoms with Gasteiger partial charge in [-0.2, -0.15) is 0 Å². The molecule has 0 spiro atoms. The van der Waals surface area contributed by atoms with Crippen LogP contribution >= 0.6 is 0 Å². The highest BCUT2D eigenvalue weighted by molar-refractivity contribution is 6.01. The first-order chi connectivity index (χ1) is 13.8. The van der Waals surface area contributed by atoms with E-state index in [0.717, 1.165) is 17.7 Å². The van der Waals surface area contributed by atoms with Gasteiger partial charge in [-0.25, -0.2) is 4.39 Å². The number of nitrogens with zero attached hydrogens (tertiary/aromatic N) is 1. The molecule has 2 aromatic carbocycles. The molecule has 0 aliphatic carbocycles. The highest BCUT2D eigenvalue weighted by Crippen LogP contribution is 2.30. The summed E-state index contributed by atoms with van der Waals surface area (Å²) in [5.41, 5.74) is 2.75. The molecule has 1 heterocycles. The van der Waals surface area contributed by atoms with Crippen molar-refractivity contribution in [2.45, 2.75) is 33.2 Å². The number of nitrogens with one attached hydrogen (secondary N) is 2. The third-order valence-electron chi connectivity index (χ3n) is 4.96. The maximum Gasteiger partial charge on any atom is 0.251 e. The third kappa shape index (κ3) is 4.62. The van der Waals surface area contributed by atoms with Crippen molar-refractivity contribution in [3.05, 3.63) is 59.4 Å². The zero-order valence-electron chi connectivity index (χ0n) is 16.7.